The fourth-order valence-electron chi connectivity index (χ4n) is 3.76. The molecule has 1 aliphatic rings. The molecular weight excluding hydrogens is 408 g/mol. The first kappa shape index (κ1) is 22.4. The number of aromatic amines is 1. The molecule has 8 heteroatoms. The zero-order valence-corrected chi connectivity index (χ0v) is 17.2. The van der Waals surface area contributed by atoms with Crippen LogP contribution in [0.25, 0.3) is 10.9 Å². The van der Waals surface area contributed by atoms with Crippen molar-refractivity contribution in [3.05, 3.63) is 53.5 Å². The Kier molecular flexibility index (Phi) is 7.48. The Hall–Kier alpha value is -4.26. The van der Waals surface area contributed by atoms with Gasteiger partial charge in [0.1, 0.15) is 29.2 Å². The lowest BCUT2D eigenvalue weighted by Gasteiger charge is -2.23. The standard InChI is InChI=1S/C24H22N4O4/c1-2-5-20(28-24(32)21-13-16-6-3-4-7-19(16)27-21)23(15-31)26-18(9-11-29)12-17-8-10-25-22(17)14-30/h1,3-4,6-7,9,13,17-18,20,25-27H,5,8,10,12H2,(H,28,32)/t17-,18+,20-/m0/s1. The van der Waals surface area contributed by atoms with Gasteiger partial charge in [-0.1, -0.05) is 18.2 Å². The van der Waals surface area contributed by atoms with Crippen LogP contribution in [0.5, 0.6) is 0 Å². The predicted molar refractivity (Wildman–Crippen MR) is 119 cm³/mol. The van der Waals surface area contributed by atoms with Crippen molar-refractivity contribution >= 4 is 34.6 Å². The molecule has 2 heterocycles. The van der Waals surface area contributed by atoms with Gasteiger partial charge >= 0.3 is 0 Å². The van der Waals surface area contributed by atoms with Crippen LogP contribution < -0.4 is 16.0 Å². The third-order valence-electron chi connectivity index (χ3n) is 5.34. The quantitative estimate of drug-likeness (QED) is 0.349. The molecule has 3 rings (SSSR count). The molecule has 1 aliphatic heterocycles. The number of hydrogen-bond donors (Lipinski definition) is 4. The number of para-hydroxylation sites is 1. The van der Waals surface area contributed by atoms with E-state index in [1.54, 1.807) is 17.9 Å². The largest absolute Gasteiger partial charge is 0.379 e. The number of hydrogen-bond acceptors (Lipinski definition) is 6. The number of amides is 1. The maximum atomic E-state index is 12.8. The smallest absolute Gasteiger partial charge is 0.268 e. The van der Waals surface area contributed by atoms with E-state index in [1.165, 1.54) is 6.08 Å². The van der Waals surface area contributed by atoms with Crippen LogP contribution in [-0.4, -0.2) is 47.3 Å². The Labute approximate surface area is 184 Å². The Bertz CT molecular complexity index is 1160. The van der Waals surface area contributed by atoms with Crippen LogP contribution in [0.2, 0.25) is 0 Å². The molecular formula is C24H22N4O4. The monoisotopic (exact) mass is 430 g/mol. The van der Waals surface area contributed by atoms with E-state index in [9.17, 15) is 19.2 Å². The summed E-state index contributed by atoms with van der Waals surface area (Å²) in [4.78, 5) is 49.6. The normalized spacial score (nSPS) is 16.5. The maximum absolute atomic E-state index is 12.8. The van der Waals surface area contributed by atoms with Gasteiger partial charge in [0, 0.05) is 35.9 Å². The summed E-state index contributed by atoms with van der Waals surface area (Å²) in [7, 11) is 0. The molecule has 1 amide bonds. The minimum absolute atomic E-state index is 0.00602. The van der Waals surface area contributed by atoms with Crippen molar-refractivity contribution in [1.29, 1.82) is 0 Å². The van der Waals surface area contributed by atoms with Gasteiger partial charge in [0.15, 0.2) is 0 Å². The number of carbonyl (C=O) groups excluding carboxylic acids is 4. The molecule has 1 fully saturated rings. The first-order valence-corrected chi connectivity index (χ1v) is 10.1. The van der Waals surface area contributed by atoms with Gasteiger partial charge in [0.05, 0.1) is 17.8 Å². The summed E-state index contributed by atoms with van der Waals surface area (Å²) in [5.41, 5.74) is 1.56. The molecule has 0 saturated carbocycles. The van der Waals surface area contributed by atoms with Crippen LogP contribution in [-0.2, 0) is 14.4 Å². The van der Waals surface area contributed by atoms with Gasteiger partial charge in [-0.05, 0) is 25.0 Å². The van der Waals surface area contributed by atoms with Crippen molar-refractivity contribution in [1.82, 2.24) is 20.9 Å². The van der Waals surface area contributed by atoms with Crippen molar-refractivity contribution in [2.24, 2.45) is 5.92 Å². The van der Waals surface area contributed by atoms with Gasteiger partial charge in [-0.3, -0.25) is 4.79 Å². The number of aromatic nitrogens is 1. The molecule has 0 spiro atoms. The Morgan fingerprint density at radius 2 is 2.06 bits per heavy atom. The molecule has 8 nitrogen and oxygen atoms in total. The number of H-pyrrole nitrogens is 1. The lowest BCUT2D eigenvalue weighted by atomic mass is 9.96. The van der Waals surface area contributed by atoms with Gasteiger partial charge in [-0.25, -0.2) is 14.4 Å². The highest BCUT2D eigenvalue weighted by Gasteiger charge is 2.27. The van der Waals surface area contributed by atoms with Gasteiger partial charge in [0.2, 0.25) is 0 Å². The van der Waals surface area contributed by atoms with Crippen LogP contribution in [0.3, 0.4) is 0 Å². The number of nitrogens with one attached hydrogen (secondary N) is 4. The SMILES string of the molecule is C#CC[C@H](NC(=O)c1cc2ccccc2[nH]1)C(=C=O)N[C@H](C=C=O)C[C@@H]1CCNC1=C=O. The summed E-state index contributed by atoms with van der Waals surface area (Å²) in [5, 5.41) is 9.49. The van der Waals surface area contributed by atoms with Crippen molar-refractivity contribution in [2.45, 2.75) is 31.3 Å². The molecule has 1 saturated heterocycles. The molecule has 32 heavy (non-hydrogen) atoms. The minimum atomic E-state index is -0.846. The third kappa shape index (κ3) is 5.26. The Morgan fingerprint density at radius 3 is 2.75 bits per heavy atom. The van der Waals surface area contributed by atoms with E-state index < -0.39 is 18.0 Å². The number of benzene rings is 1. The van der Waals surface area contributed by atoms with E-state index in [-0.39, 0.29) is 18.0 Å². The zero-order chi connectivity index (χ0) is 22.9. The predicted octanol–water partition coefficient (Wildman–Crippen LogP) is 1.07. The summed E-state index contributed by atoms with van der Waals surface area (Å²) in [6.07, 6.45) is 7.76. The van der Waals surface area contributed by atoms with Gasteiger partial charge in [-0.2, -0.15) is 0 Å². The fraction of sp³-hybridized carbons (Fsp3) is 0.292. The molecule has 1 aromatic carbocycles. The van der Waals surface area contributed by atoms with Crippen molar-refractivity contribution < 1.29 is 19.2 Å². The third-order valence-corrected chi connectivity index (χ3v) is 5.34. The molecule has 0 unspecified atom stereocenters. The molecule has 0 radical (unpaired) electrons. The number of carbonyl (C=O) groups is 1. The van der Waals surface area contributed by atoms with E-state index in [0.29, 0.717) is 30.8 Å². The second-order valence-electron chi connectivity index (χ2n) is 7.42. The average Bonchev–Trinajstić information content (AvgIpc) is 3.43. The summed E-state index contributed by atoms with van der Waals surface area (Å²) < 4.78 is 0. The van der Waals surface area contributed by atoms with E-state index in [1.807, 2.05) is 30.2 Å². The fourth-order valence-corrected chi connectivity index (χ4v) is 3.76. The van der Waals surface area contributed by atoms with E-state index in [2.05, 4.69) is 26.9 Å². The number of allylic oxidation sites excluding steroid dienone is 1. The molecule has 2 aromatic rings. The first-order valence-electron chi connectivity index (χ1n) is 10.1. The summed E-state index contributed by atoms with van der Waals surface area (Å²) in [5.74, 6) is 7.24. The molecule has 0 aliphatic carbocycles. The highest BCUT2D eigenvalue weighted by atomic mass is 16.2. The number of rotatable bonds is 9. The molecule has 162 valence electrons. The van der Waals surface area contributed by atoms with Crippen LogP contribution in [0, 0.1) is 18.3 Å². The van der Waals surface area contributed by atoms with Gasteiger partial charge < -0.3 is 20.9 Å². The van der Waals surface area contributed by atoms with Crippen molar-refractivity contribution in [2.75, 3.05) is 6.54 Å². The second-order valence-corrected chi connectivity index (χ2v) is 7.42. The van der Waals surface area contributed by atoms with Gasteiger partial charge in [-0.15, -0.1) is 12.3 Å². The van der Waals surface area contributed by atoms with Crippen molar-refractivity contribution in [3.63, 3.8) is 0 Å². The van der Waals surface area contributed by atoms with E-state index >= 15 is 0 Å². The zero-order valence-electron chi connectivity index (χ0n) is 17.2. The van der Waals surface area contributed by atoms with Crippen LogP contribution in [0.1, 0.15) is 29.8 Å². The maximum Gasteiger partial charge on any atom is 0.268 e. The Balaban J connectivity index is 1.75. The lowest BCUT2D eigenvalue weighted by molar-refractivity contribution is 0.0938. The number of terminal acetylenes is 1. The van der Waals surface area contributed by atoms with Crippen LogP contribution >= 0.6 is 0 Å². The Morgan fingerprint density at radius 1 is 1.25 bits per heavy atom. The van der Waals surface area contributed by atoms with Gasteiger partial charge in [0.25, 0.3) is 5.91 Å². The molecule has 1 aromatic heterocycles. The summed E-state index contributed by atoms with van der Waals surface area (Å²) in [6.45, 7) is 0.628. The molecule has 0 bridgehead atoms. The topological polar surface area (TPSA) is 120 Å². The first-order chi connectivity index (χ1) is 15.6. The lowest BCUT2D eigenvalue weighted by Crippen LogP contribution is -2.43. The van der Waals surface area contributed by atoms with Crippen LogP contribution in [0.4, 0.5) is 0 Å². The summed E-state index contributed by atoms with van der Waals surface area (Å²) >= 11 is 0. The number of fused-ring (bicyclic) bond motifs is 1. The van der Waals surface area contributed by atoms with Crippen LogP contribution in [0.15, 0.2) is 47.8 Å². The minimum Gasteiger partial charge on any atom is -0.379 e. The van der Waals surface area contributed by atoms with Crippen molar-refractivity contribution in [3.8, 4) is 12.3 Å². The molecule has 3 atom stereocenters. The average molecular weight is 430 g/mol. The highest BCUT2D eigenvalue weighted by Crippen LogP contribution is 2.23. The summed E-state index contributed by atoms with van der Waals surface area (Å²) in [6, 6.07) is 7.68. The van der Waals surface area contributed by atoms with E-state index in [0.717, 1.165) is 10.9 Å². The molecule has 4 N–H and O–H groups in total. The second kappa shape index (κ2) is 10.7. The van der Waals surface area contributed by atoms with E-state index in [4.69, 9.17) is 6.42 Å². The highest BCUT2D eigenvalue weighted by molar-refractivity contribution is 5.98.